The lowest BCUT2D eigenvalue weighted by Crippen LogP contribution is -2.25. The molecule has 1 aliphatic rings. The number of anilines is 1. The molecule has 39 heavy (non-hydrogen) atoms. The number of carbonyl (C=O) groups excluding carboxylic acids is 1. The monoisotopic (exact) mass is 541 g/mol. The van der Waals surface area contributed by atoms with Gasteiger partial charge in [0, 0.05) is 23.2 Å². The lowest BCUT2D eigenvalue weighted by atomic mass is 9.96. The predicted octanol–water partition coefficient (Wildman–Crippen LogP) is 5.54. The summed E-state index contributed by atoms with van der Waals surface area (Å²) in [7, 11) is -3.80. The Kier molecular flexibility index (Phi) is 7.60. The van der Waals surface area contributed by atoms with Crippen LogP contribution in [0.15, 0.2) is 113 Å². The molecule has 1 aliphatic heterocycles. The summed E-state index contributed by atoms with van der Waals surface area (Å²) in [6.07, 6.45) is 0.271. The van der Waals surface area contributed by atoms with E-state index in [4.69, 9.17) is 9.47 Å². The molecule has 0 aromatic heterocycles. The van der Waals surface area contributed by atoms with Crippen LogP contribution in [0.25, 0.3) is 0 Å². The number of sulfonamides is 1. The molecule has 0 saturated carbocycles. The van der Waals surface area contributed by atoms with E-state index in [9.17, 15) is 13.2 Å². The molecule has 0 bridgehead atoms. The fourth-order valence-electron chi connectivity index (χ4n) is 4.22. The van der Waals surface area contributed by atoms with Gasteiger partial charge in [0.05, 0.1) is 17.2 Å². The molecule has 5 rings (SSSR count). The number of benzene rings is 4. The normalized spacial score (nSPS) is 15.6. The smallest absolute Gasteiger partial charge is 0.271 e. The summed E-state index contributed by atoms with van der Waals surface area (Å²) in [5.74, 6) is 0.883. The van der Waals surface area contributed by atoms with Gasteiger partial charge in [-0.05, 0) is 73.2 Å². The van der Waals surface area contributed by atoms with E-state index in [0.29, 0.717) is 41.5 Å². The molecule has 0 aliphatic carbocycles. The fraction of sp³-hybridized carbons (Fsp3) is 0.133. The van der Waals surface area contributed by atoms with Crippen LogP contribution in [0.4, 0.5) is 5.69 Å². The maximum absolute atomic E-state index is 12.9. The van der Waals surface area contributed by atoms with Crippen molar-refractivity contribution < 1.29 is 22.7 Å². The molecule has 1 heterocycles. The number of fused-ring (bicyclic) bond motifs is 1. The zero-order chi connectivity index (χ0) is 27.2. The van der Waals surface area contributed by atoms with Crippen LogP contribution in [0.5, 0.6) is 11.5 Å². The van der Waals surface area contributed by atoms with Gasteiger partial charge in [0.25, 0.3) is 15.9 Å². The van der Waals surface area contributed by atoms with Crippen LogP contribution in [0, 0.1) is 0 Å². The third kappa shape index (κ3) is 6.10. The number of hydrazone groups is 1. The summed E-state index contributed by atoms with van der Waals surface area (Å²) in [5.41, 5.74) is 5.85. The third-order valence-electron chi connectivity index (χ3n) is 6.15. The van der Waals surface area contributed by atoms with Gasteiger partial charge in [0.15, 0.2) is 0 Å². The van der Waals surface area contributed by atoms with Crippen LogP contribution in [0.2, 0.25) is 0 Å². The first kappa shape index (κ1) is 26.0. The van der Waals surface area contributed by atoms with Crippen molar-refractivity contribution in [3.63, 3.8) is 0 Å². The molecule has 2 N–H and O–H groups in total. The summed E-state index contributed by atoms with van der Waals surface area (Å²) in [6.45, 7) is 2.35. The van der Waals surface area contributed by atoms with Crippen molar-refractivity contribution in [3.05, 3.63) is 120 Å². The Morgan fingerprint density at radius 2 is 1.62 bits per heavy atom. The zero-order valence-corrected chi connectivity index (χ0v) is 22.0. The van der Waals surface area contributed by atoms with Crippen LogP contribution >= 0.6 is 0 Å². The Bertz CT molecular complexity index is 1590. The summed E-state index contributed by atoms with van der Waals surface area (Å²) < 4.78 is 39.5. The molecule has 4 aromatic rings. The van der Waals surface area contributed by atoms with Gasteiger partial charge in [-0.2, -0.15) is 5.10 Å². The van der Waals surface area contributed by atoms with Crippen molar-refractivity contribution in [1.82, 2.24) is 5.43 Å². The first-order chi connectivity index (χ1) is 18.9. The zero-order valence-electron chi connectivity index (χ0n) is 21.2. The van der Waals surface area contributed by atoms with Gasteiger partial charge >= 0.3 is 0 Å². The van der Waals surface area contributed by atoms with Gasteiger partial charge in [-0.1, -0.05) is 42.5 Å². The molecular formula is C30H27N3O5S. The summed E-state index contributed by atoms with van der Waals surface area (Å²) in [6, 6.07) is 29.8. The Morgan fingerprint density at radius 1 is 0.923 bits per heavy atom. The second-order valence-corrected chi connectivity index (χ2v) is 10.5. The predicted molar refractivity (Wildman–Crippen MR) is 150 cm³/mol. The van der Waals surface area contributed by atoms with Gasteiger partial charge in [0.2, 0.25) is 0 Å². The molecular weight excluding hydrogens is 514 g/mol. The minimum atomic E-state index is -3.80. The maximum Gasteiger partial charge on any atom is 0.271 e. The molecule has 0 unspecified atom stereocenters. The van der Waals surface area contributed by atoms with Crippen LogP contribution < -0.4 is 19.6 Å². The Labute approximate surface area is 227 Å². The first-order valence-corrected chi connectivity index (χ1v) is 13.9. The summed E-state index contributed by atoms with van der Waals surface area (Å²) >= 11 is 0. The Hall–Kier alpha value is -4.63. The molecule has 0 spiro atoms. The van der Waals surface area contributed by atoms with Crippen molar-refractivity contribution in [3.8, 4) is 11.5 Å². The van der Waals surface area contributed by atoms with Crippen LogP contribution in [-0.4, -0.2) is 26.6 Å². The van der Waals surface area contributed by atoms with E-state index >= 15 is 0 Å². The highest BCUT2D eigenvalue weighted by Crippen LogP contribution is 2.35. The third-order valence-corrected chi connectivity index (χ3v) is 7.55. The van der Waals surface area contributed by atoms with E-state index < -0.39 is 15.9 Å². The number of carbonyl (C=O) groups is 1. The highest BCUT2D eigenvalue weighted by molar-refractivity contribution is 7.92. The topological polar surface area (TPSA) is 106 Å². The standard InChI is InChI=1S/C30H27N3O5S/c1-2-37-24-16-18-25(19-17-24)39(35,36)33-23-14-12-22(13-15-23)30(34)32-31-27-20-29(21-8-4-3-5-9-21)38-28-11-7-6-10-26(27)28/h3-19,29,33H,2,20H2,1H3,(H,32,34)/b31-27+/t29-/m1/s1. The number of hydrogen-bond donors (Lipinski definition) is 2. The molecule has 0 fully saturated rings. The van der Waals surface area contributed by atoms with E-state index in [1.54, 1.807) is 12.1 Å². The van der Waals surface area contributed by atoms with Gasteiger partial charge in [-0.3, -0.25) is 9.52 Å². The van der Waals surface area contributed by atoms with Gasteiger partial charge in [-0.15, -0.1) is 0 Å². The lowest BCUT2D eigenvalue weighted by molar-refractivity contribution is 0.0954. The number of rotatable bonds is 8. The second kappa shape index (κ2) is 11.4. The molecule has 0 saturated heterocycles. The van der Waals surface area contributed by atoms with Gasteiger partial charge in [-0.25, -0.2) is 13.8 Å². The van der Waals surface area contributed by atoms with Crippen molar-refractivity contribution in [2.24, 2.45) is 5.10 Å². The SMILES string of the molecule is CCOc1ccc(S(=O)(=O)Nc2ccc(C(=O)N/N=C3\C[C@H](c4ccccc4)Oc4ccccc43)cc2)cc1. The highest BCUT2D eigenvalue weighted by atomic mass is 32.2. The number of nitrogens with one attached hydrogen (secondary N) is 2. The molecule has 4 aromatic carbocycles. The molecule has 1 atom stereocenters. The van der Waals surface area contributed by atoms with Gasteiger partial charge < -0.3 is 9.47 Å². The molecule has 8 nitrogen and oxygen atoms in total. The molecule has 0 radical (unpaired) electrons. The van der Waals surface area contributed by atoms with Crippen molar-refractivity contribution in [1.29, 1.82) is 0 Å². The summed E-state index contributed by atoms with van der Waals surface area (Å²) in [4.78, 5) is 13.0. The average Bonchev–Trinajstić information content (AvgIpc) is 2.97. The number of amides is 1. The number of para-hydroxylation sites is 1. The number of ether oxygens (including phenoxy) is 2. The molecule has 198 valence electrons. The minimum absolute atomic E-state index is 0.106. The Balaban J connectivity index is 1.27. The van der Waals surface area contributed by atoms with Crippen molar-refractivity contribution in [2.75, 3.05) is 11.3 Å². The minimum Gasteiger partial charge on any atom is -0.494 e. The van der Waals surface area contributed by atoms with E-state index in [-0.39, 0.29) is 11.0 Å². The lowest BCUT2D eigenvalue weighted by Gasteiger charge is -2.27. The molecule has 1 amide bonds. The molecule has 9 heteroatoms. The van der Waals surface area contributed by atoms with Gasteiger partial charge in [0.1, 0.15) is 17.6 Å². The van der Waals surface area contributed by atoms with E-state index in [1.165, 1.54) is 36.4 Å². The fourth-order valence-corrected chi connectivity index (χ4v) is 5.27. The number of hydrogen-bond acceptors (Lipinski definition) is 6. The quantitative estimate of drug-likeness (QED) is 0.285. The first-order valence-electron chi connectivity index (χ1n) is 12.5. The van der Waals surface area contributed by atoms with E-state index in [1.807, 2.05) is 61.5 Å². The van der Waals surface area contributed by atoms with Crippen LogP contribution in [0.1, 0.15) is 40.9 Å². The van der Waals surface area contributed by atoms with E-state index in [2.05, 4.69) is 15.2 Å². The van der Waals surface area contributed by atoms with E-state index in [0.717, 1.165) is 11.1 Å². The van der Waals surface area contributed by atoms with Crippen molar-refractivity contribution >= 4 is 27.3 Å². The Morgan fingerprint density at radius 3 is 2.33 bits per heavy atom. The summed E-state index contributed by atoms with van der Waals surface area (Å²) in [5, 5.41) is 4.43. The largest absolute Gasteiger partial charge is 0.494 e. The van der Waals surface area contributed by atoms with Crippen molar-refractivity contribution in [2.45, 2.75) is 24.3 Å². The van der Waals surface area contributed by atoms with Crippen LogP contribution in [0.3, 0.4) is 0 Å². The number of nitrogens with zero attached hydrogens (tertiary/aromatic N) is 1. The van der Waals surface area contributed by atoms with Crippen LogP contribution in [-0.2, 0) is 10.0 Å². The second-order valence-electron chi connectivity index (χ2n) is 8.80. The highest BCUT2D eigenvalue weighted by Gasteiger charge is 2.26. The maximum atomic E-state index is 12.9. The average molecular weight is 542 g/mol.